The smallest absolute Gasteiger partial charge is 0.330 e. The number of esters is 1. The number of methoxy groups -OCH3 is 1. The van der Waals surface area contributed by atoms with Crippen LogP contribution in [0.5, 0.6) is 5.75 Å². The Bertz CT molecular complexity index is 530. The van der Waals surface area contributed by atoms with Crippen molar-refractivity contribution in [2.75, 3.05) is 13.7 Å². The molecule has 0 aliphatic rings. The Morgan fingerprint density at radius 2 is 1.95 bits per heavy atom. The minimum Gasteiger partial charge on any atom is -0.493 e. The van der Waals surface area contributed by atoms with Crippen molar-refractivity contribution >= 4 is 11.8 Å². The first kappa shape index (κ1) is 17.0. The van der Waals surface area contributed by atoms with E-state index in [0.717, 1.165) is 17.4 Å². The molecule has 0 unspecified atom stereocenters. The second-order valence-corrected chi connectivity index (χ2v) is 5.10. The molecule has 0 radical (unpaired) electrons. The van der Waals surface area contributed by atoms with Gasteiger partial charge in [-0.3, -0.25) is 4.79 Å². The number of allylic oxidation sites excluding steroid dienone is 1. The molecular weight excluding hydrogens is 268 g/mol. The lowest BCUT2D eigenvalue weighted by Crippen LogP contribution is -2.06. The summed E-state index contributed by atoms with van der Waals surface area (Å²) in [5.41, 5.74) is 1.48. The van der Waals surface area contributed by atoms with Crippen molar-refractivity contribution in [3.63, 3.8) is 0 Å². The molecule has 0 bridgehead atoms. The van der Waals surface area contributed by atoms with Crippen molar-refractivity contribution in [2.45, 2.75) is 27.2 Å². The fourth-order valence-electron chi connectivity index (χ4n) is 1.76. The van der Waals surface area contributed by atoms with Gasteiger partial charge in [0.1, 0.15) is 5.75 Å². The van der Waals surface area contributed by atoms with Crippen LogP contribution < -0.4 is 4.74 Å². The van der Waals surface area contributed by atoms with Gasteiger partial charge in [-0.05, 0) is 42.2 Å². The van der Waals surface area contributed by atoms with Gasteiger partial charge in [0.15, 0.2) is 5.78 Å². The van der Waals surface area contributed by atoms with E-state index >= 15 is 0 Å². The maximum absolute atomic E-state index is 12.1. The van der Waals surface area contributed by atoms with Crippen LogP contribution in [0.3, 0.4) is 0 Å². The standard InChI is InChI=1S/C17H22O4/c1-5-13-10-14(21-11-12(2)3)6-7-15(13)16(18)8-9-17(19)20-4/h6-10,12H,5,11H2,1-4H3/b9-8+. The SMILES string of the molecule is CCc1cc(OCC(C)C)ccc1C(=O)/C=C/C(=O)OC. The summed E-state index contributed by atoms with van der Waals surface area (Å²) in [5, 5.41) is 0. The summed E-state index contributed by atoms with van der Waals surface area (Å²) in [6, 6.07) is 5.39. The van der Waals surface area contributed by atoms with Crippen LogP contribution in [0.1, 0.15) is 36.7 Å². The summed E-state index contributed by atoms with van der Waals surface area (Å²) in [4.78, 5) is 23.1. The second-order valence-electron chi connectivity index (χ2n) is 5.10. The van der Waals surface area contributed by atoms with Crippen LogP contribution in [-0.4, -0.2) is 25.5 Å². The van der Waals surface area contributed by atoms with Gasteiger partial charge in [-0.2, -0.15) is 0 Å². The van der Waals surface area contributed by atoms with Crippen LogP contribution in [0.25, 0.3) is 0 Å². The van der Waals surface area contributed by atoms with Gasteiger partial charge in [0.2, 0.25) is 0 Å². The third-order valence-corrected chi connectivity index (χ3v) is 2.88. The highest BCUT2D eigenvalue weighted by Crippen LogP contribution is 2.20. The number of rotatable bonds is 7. The van der Waals surface area contributed by atoms with Crippen molar-refractivity contribution < 1.29 is 19.1 Å². The van der Waals surface area contributed by atoms with Gasteiger partial charge < -0.3 is 9.47 Å². The fraction of sp³-hybridized carbons (Fsp3) is 0.412. The Morgan fingerprint density at radius 3 is 2.52 bits per heavy atom. The number of carbonyl (C=O) groups is 2. The van der Waals surface area contributed by atoms with Gasteiger partial charge in [-0.15, -0.1) is 0 Å². The molecule has 0 aliphatic carbocycles. The molecule has 4 heteroatoms. The van der Waals surface area contributed by atoms with Gasteiger partial charge in [0, 0.05) is 11.6 Å². The molecule has 0 spiro atoms. The number of ketones is 1. The number of benzene rings is 1. The highest BCUT2D eigenvalue weighted by molar-refractivity contribution is 6.08. The summed E-state index contributed by atoms with van der Waals surface area (Å²) < 4.78 is 10.1. The number of aryl methyl sites for hydroxylation is 1. The summed E-state index contributed by atoms with van der Waals surface area (Å²) in [7, 11) is 1.27. The van der Waals surface area contributed by atoms with Gasteiger partial charge in [-0.25, -0.2) is 4.79 Å². The first-order valence-electron chi connectivity index (χ1n) is 7.04. The van der Waals surface area contributed by atoms with Gasteiger partial charge in [0.05, 0.1) is 13.7 Å². The molecule has 0 fully saturated rings. The van der Waals surface area contributed by atoms with Crippen molar-refractivity contribution in [3.8, 4) is 5.75 Å². The van der Waals surface area contributed by atoms with Crippen LogP contribution in [0.2, 0.25) is 0 Å². The van der Waals surface area contributed by atoms with E-state index in [0.29, 0.717) is 24.5 Å². The van der Waals surface area contributed by atoms with Gasteiger partial charge >= 0.3 is 5.97 Å². The quantitative estimate of drug-likeness (QED) is 0.439. The molecule has 4 nitrogen and oxygen atoms in total. The zero-order chi connectivity index (χ0) is 15.8. The van der Waals surface area contributed by atoms with E-state index in [2.05, 4.69) is 18.6 Å². The van der Waals surface area contributed by atoms with E-state index in [1.165, 1.54) is 13.2 Å². The third kappa shape index (κ3) is 5.42. The van der Waals surface area contributed by atoms with Gasteiger partial charge in [-0.1, -0.05) is 20.8 Å². The van der Waals surface area contributed by atoms with Crippen molar-refractivity contribution in [3.05, 3.63) is 41.5 Å². The molecule has 21 heavy (non-hydrogen) atoms. The maximum atomic E-state index is 12.1. The van der Waals surface area contributed by atoms with E-state index in [1.54, 1.807) is 12.1 Å². The van der Waals surface area contributed by atoms with Crippen molar-refractivity contribution in [2.24, 2.45) is 5.92 Å². The molecule has 0 aliphatic heterocycles. The average molecular weight is 290 g/mol. The van der Waals surface area contributed by atoms with E-state index < -0.39 is 5.97 Å². The molecule has 114 valence electrons. The summed E-state index contributed by atoms with van der Waals surface area (Å²) >= 11 is 0. The fourth-order valence-corrected chi connectivity index (χ4v) is 1.76. The zero-order valence-corrected chi connectivity index (χ0v) is 13.0. The molecule has 0 aromatic heterocycles. The Hall–Kier alpha value is -2.10. The predicted octanol–water partition coefficient (Wildman–Crippen LogP) is 3.20. The molecule has 0 saturated heterocycles. The van der Waals surface area contributed by atoms with E-state index in [9.17, 15) is 9.59 Å². The Morgan fingerprint density at radius 1 is 1.24 bits per heavy atom. The Kier molecular flexibility index (Phi) is 6.66. The summed E-state index contributed by atoms with van der Waals surface area (Å²) in [5.74, 6) is 0.444. The third-order valence-electron chi connectivity index (χ3n) is 2.88. The Labute approximate surface area is 125 Å². The lowest BCUT2D eigenvalue weighted by Gasteiger charge is -2.11. The molecule has 0 saturated carbocycles. The van der Waals surface area contributed by atoms with E-state index in [1.807, 2.05) is 13.0 Å². The first-order valence-corrected chi connectivity index (χ1v) is 7.04. The molecule has 0 amide bonds. The molecule has 0 N–H and O–H groups in total. The average Bonchev–Trinajstić information content (AvgIpc) is 2.49. The van der Waals surface area contributed by atoms with Crippen LogP contribution in [0.4, 0.5) is 0 Å². The minimum atomic E-state index is -0.543. The second kappa shape index (κ2) is 8.25. The Balaban J connectivity index is 2.90. The van der Waals surface area contributed by atoms with Crippen LogP contribution in [0.15, 0.2) is 30.4 Å². The highest BCUT2D eigenvalue weighted by Gasteiger charge is 2.10. The zero-order valence-electron chi connectivity index (χ0n) is 13.0. The molecule has 1 rings (SSSR count). The van der Waals surface area contributed by atoms with Crippen LogP contribution in [-0.2, 0) is 16.0 Å². The highest BCUT2D eigenvalue weighted by atomic mass is 16.5. The molecule has 1 aromatic carbocycles. The monoisotopic (exact) mass is 290 g/mol. The molecule has 1 aromatic rings. The number of hydrogen-bond donors (Lipinski definition) is 0. The van der Waals surface area contributed by atoms with E-state index in [4.69, 9.17) is 4.74 Å². The minimum absolute atomic E-state index is 0.215. The summed E-state index contributed by atoms with van der Waals surface area (Å²) in [6.45, 7) is 6.77. The maximum Gasteiger partial charge on any atom is 0.330 e. The van der Waals surface area contributed by atoms with Crippen LogP contribution in [0, 0.1) is 5.92 Å². The lowest BCUT2D eigenvalue weighted by molar-refractivity contribution is -0.134. The van der Waals surface area contributed by atoms with Gasteiger partial charge in [0.25, 0.3) is 0 Å². The van der Waals surface area contributed by atoms with E-state index in [-0.39, 0.29) is 5.78 Å². The number of hydrogen-bond acceptors (Lipinski definition) is 4. The largest absolute Gasteiger partial charge is 0.493 e. The lowest BCUT2D eigenvalue weighted by atomic mass is 10.0. The molecule has 0 heterocycles. The summed E-state index contributed by atoms with van der Waals surface area (Å²) in [6.07, 6.45) is 3.08. The topological polar surface area (TPSA) is 52.6 Å². The van der Waals surface area contributed by atoms with Crippen LogP contribution >= 0.6 is 0 Å². The number of carbonyl (C=O) groups excluding carboxylic acids is 2. The first-order chi connectivity index (χ1) is 9.97. The van der Waals surface area contributed by atoms with Crippen molar-refractivity contribution in [1.29, 1.82) is 0 Å². The predicted molar refractivity (Wildman–Crippen MR) is 81.6 cm³/mol. The number of ether oxygens (including phenoxy) is 2. The molecular formula is C17H22O4. The normalized spacial score (nSPS) is 10.9. The molecule has 0 atom stereocenters. The van der Waals surface area contributed by atoms with Crippen molar-refractivity contribution in [1.82, 2.24) is 0 Å².